The van der Waals surface area contributed by atoms with Crippen molar-refractivity contribution in [1.29, 1.82) is 0 Å². The Morgan fingerprint density at radius 1 is 1.65 bits per heavy atom. The van der Waals surface area contributed by atoms with E-state index in [4.69, 9.17) is 9.84 Å². The summed E-state index contributed by atoms with van der Waals surface area (Å²) in [5, 5.41) is 20.1. The standard InChI is InChI=1S/C12H15N3O5/c1-2-8-7-20-6-5-14(8)11-10(15(18)19)4-3-9(13-11)12(16)17/h3-4,8H,2,5-7H2,1H3,(H,16,17). The molecule has 2 heterocycles. The van der Waals surface area contributed by atoms with Crippen LogP contribution in [0.25, 0.3) is 0 Å². The smallest absolute Gasteiger partial charge is 0.354 e. The highest BCUT2D eigenvalue weighted by atomic mass is 16.6. The normalized spacial score (nSPS) is 18.9. The zero-order valence-corrected chi connectivity index (χ0v) is 11.0. The number of nitrogens with zero attached hydrogens (tertiary/aromatic N) is 3. The predicted octanol–water partition coefficient (Wildman–Crippen LogP) is 1.30. The topological polar surface area (TPSA) is 106 Å². The first-order chi connectivity index (χ1) is 9.54. The van der Waals surface area contributed by atoms with Gasteiger partial charge in [-0.1, -0.05) is 6.92 Å². The van der Waals surface area contributed by atoms with Gasteiger partial charge in [0.15, 0.2) is 5.69 Å². The lowest BCUT2D eigenvalue weighted by atomic mass is 10.1. The van der Waals surface area contributed by atoms with Crippen LogP contribution in [0.1, 0.15) is 23.8 Å². The molecule has 0 aliphatic carbocycles. The van der Waals surface area contributed by atoms with E-state index in [0.29, 0.717) is 19.8 Å². The largest absolute Gasteiger partial charge is 0.477 e. The van der Waals surface area contributed by atoms with E-state index >= 15 is 0 Å². The van der Waals surface area contributed by atoms with Gasteiger partial charge in [-0.25, -0.2) is 9.78 Å². The number of ether oxygens (including phenoxy) is 1. The molecule has 0 spiro atoms. The van der Waals surface area contributed by atoms with Gasteiger partial charge in [0.25, 0.3) is 0 Å². The number of carboxylic acid groups (broad SMARTS) is 1. The van der Waals surface area contributed by atoms with Gasteiger partial charge in [-0.3, -0.25) is 10.1 Å². The second-order valence-electron chi connectivity index (χ2n) is 4.43. The molecule has 8 nitrogen and oxygen atoms in total. The van der Waals surface area contributed by atoms with E-state index < -0.39 is 10.9 Å². The predicted molar refractivity (Wildman–Crippen MR) is 70.1 cm³/mol. The summed E-state index contributed by atoms with van der Waals surface area (Å²) in [6.45, 7) is 3.29. The monoisotopic (exact) mass is 281 g/mol. The third-order valence-corrected chi connectivity index (χ3v) is 3.24. The van der Waals surface area contributed by atoms with Crippen LogP contribution < -0.4 is 4.90 Å². The van der Waals surface area contributed by atoms with E-state index in [0.717, 1.165) is 12.5 Å². The van der Waals surface area contributed by atoms with Gasteiger partial charge >= 0.3 is 11.7 Å². The highest BCUT2D eigenvalue weighted by Crippen LogP contribution is 2.29. The number of hydrogen-bond donors (Lipinski definition) is 1. The maximum absolute atomic E-state index is 11.1. The van der Waals surface area contributed by atoms with Gasteiger partial charge in [0, 0.05) is 12.6 Å². The van der Waals surface area contributed by atoms with E-state index in [1.165, 1.54) is 6.07 Å². The molecule has 1 fully saturated rings. The van der Waals surface area contributed by atoms with Crippen molar-refractivity contribution in [2.24, 2.45) is 0 Å². The molecule has 0 aromatic carbocycles. The Hall–Kier alpha value is -2.22. The van der Waals surface area contributed by atoms with E-state index in [1.807, 2.05) is 6.92 Å². The van der Waals surface area contributed by atoms with E-state index in [1.54, 1.807) is 4.90 Å². The van der Waals surface area contributed by atoms with Gasteiger partial charge < -0.3 is 14.7 Å². The molecule has 1 unspecified atom stereocenters. The summed E-state index contributed by atoms with van der Waals surface area (Å²) >= 11 is 0. The zero-order chi connectivity index (χ0) is 14.7. The van der Waals surface area contributed by atoms with E-state index in [-0.39, 0.29) is 23.2 Å². The Labute approximate surface area is 115 Å². The molecule has 1 saturated heterocycles. The quantitative estimate of drug-likeness (QED) is 0.654. The fourth-order valence-electron chi connectivity index (χ4n) is 2.19. The van der Waals surface area contributed by atoms with Crippen LogP contribution in [0.15, 0.2) is 12.1 Å². The van der Waals surface area contributed by atoms with Crippen LogP contribution in [0.2, 0.25) is 0 Å². The lowest BCUT2D eigenvalue weighted by molar-refractivity contribution is -0.384. The SMILES string of the molecule is CCC1COCCN1c1nc(C(=O)O)ccc1[N+](=O)[O-]. The van der Waals surface area contributed by atoms with Crippen molar-refractivity contribution in [1.82, 2.24) is 4.98 Å². The summed E-state index contributed by atoms with van der Waals surface area (Å²) in [5.41, 5.74) is -0.387. The van der Waals surface area contributed by atoms with Crippen LogP contribution in [0.5, 0.6) is 0 Å². The molecular weight excluding hydrogens is 266 g/mol. The second-order valence-corrected chi connectivity index (χ2v) is 4.43. The second kappa shape index (κ2) is 5.83. The summed E-state index contributed by atoms with van der Waals surface area (Å²) in [6.07, 6.45) is 0.732. The molecule has 1 aromatic rings. The first-order valence-electron chi connectivity index (χ1n) is 6.27. The number of rotatable bonds is 4. The van der Waals surface area contributed by atoms with Crippen molar-refractivity contribution >= 4 is 17.5 Å². The Bertz CT molecular complexity index is 534. The summed E-state index contributed by atoms with van der Waals surface area (Å²) in [5.74, 6) is -1.10. The summed E-state index contributed by atoms with van der Waals surface area (Å²) in [6, 6.07) is 2.29. The van der Waals surface area contributed by atoms with Gasteiger partial charge in [-0.05, 0) is 12.5 Å². The van der Waals surface area contributed by atoms with Crippen LogP contribution in [0.3, 0.4) is 0 Å². The number of nitro groups is 1. The lowest BCUT2D eigenvalue weighted by Gasteiger charge is -2.35. The van der Waals surface area contributed by atoms with Crippen molar-refractivity contribution in [3.63, 3.8) is 0 Å². The van der Waals surface area contributed by atoms with Crippen molar-refractivity contribution < 1.29 is 19.6 Å². The Kier molecular flexibility index (Phi) is 4.14. The fraction of sp³-hybridized carbons (Fsp3) is 0.500. The first kappa shape index (κ1) is 14.2. The van der Waals surface area contributed by atoms with Crippen LogP contribution in [0.4, 0.5) is 11.5 Å². The Balaban J connectivity index is 2.47. The molecule has 1 aromatic heterocycles. The molecule has 20 heavy (non-hydrogen) atoms. The molecule has 2 rings (SSSR count). The molecule has 0 bridgehead atoms. The third-order valence-electron chi connectivity index (χ3n) is 3.24. The van der Waals surface area contributed by atoms with Gasteiger partial charge in [-0.15, -0.1) is 0 Å². The maximum atomic E-state index is 11.1. The highest BCUT2D eigenvalue weighted by Gasteiger charge is 2.29. The van der Waals surface area contributed by atoms with Crippen molar-refractivity contribution in [2.45, 2.75) is 19.4 Å². The van der Waals surface area contributed by atoms with E-state index in [9.17, 15) is 14.9 Å². The summed E-state index contributed by atoms with van der Waals surface area (Å²) < 4.78 is 5.35. The summed E-state index contributed by atoms with van der Waals surface area (Å²) in [7, 11) is 0. The highest BCUT2D eigenvalue weighted by molar-refractivity contribution is 5.86. The minimum Gasteiger partial charge on any atom is -0.477 e. The minimum absolute atomic E-state index is 0.0426. The number of aromatic carboxylic acids is 1. The Morgan fingerprint density at radius 3 is 3.00 bits per heavy atom. The third kappa shape index (κ3) is 2.69. The van der Waals surface area contributed by atoms with Crippen molar-refractivity contribution in [3.05, 3.63) is 27.9 Å². The van der Waals surface area contributed by atoms with Crippen LogP contribution in [-0.2, 0) is 4.74 Å². The van der Waals surface area contributed by atoms with Crippen molar-refractivity contribution in [2.75, 3.05) is 24.7 Å². The fourth-order valence-corrected chi connectivity index (χ4v) is 2.19. The molecule has 0 saturated carbocycles. The number of anilines is 1. The minimum atomic E-state index is -1.21. The molecule has 1 aliphatic heterocycles. The van der Waals surface area contributed by atoms with Crippen LogP contribution in [0, 0.1) is 10.1 Å². The van der Waals surface area contributed by atoms with Gasteiger partial charge in [0.1, 0.15) is 0 Å². The zero-order valence-electron chi connectivity index (χ0n) is 11.0. The molecule has 1 N–H and O–H groups in total. The average molecular weight is 281 g/mol. The number of carboxylic acids is 1. The van der Waals surface area contributed by atoms with E-state index in [2.05, 4.69) is 4.98 Å². The number of carbonyl (C=O) groups is 1. The molecule has 1 atom stereocenters. The van der Waals surface area contributed by atoms with Gasteiger partial charge in [0.05, 0.1) is 24.2 Å². The van der Waals surface area contributed by atoms with Crippen LogP contribution >= 0.6 is 0 Å². The molecule has 8 heteroatoms. The molecule has 1 aliphatic rings. The number of hydrogen-bond acceptors (Lipinski definition) is 6. The van der Waals surface area contributed by atoms with Crippen molar-refractivity contribution in [3.8, 4) is 0 Å². The summed E-state index contributed by atoms with van der Waals surface area (Å²) in [4.78, 5) is 27.3. The van der Waals surface area contributed by atoms with Gasteiger partial charge in [-0.2, -0.15) is 0 Å². The maximum Gasteiger partial charge on any atom is 0.354 e. The number of pyridine rings is 1. The average Bonchev–Trinajstić information content (AvgIpc) is 2.46. The van der Waals surface area contributed by atoms with Crippen LogP contribution in [-0.4, -0.2) is 46.8 Å². The number of aromatic nitrogens is 1. The molecule has 108 valence electrons. The first-order valence-corrected chi connectivity index (χ1v) is 6.27. The lowest BCUT2D eigenvalue weighted by Crippen LogP contribution is -2.46. The molecule has 0 radical (unpaired) electrons. The van der Waals surface area contributed by atoms with Gasteiger partial charge in [0.2, 0.25) is 5.82 Å². The molecular formula is C12H15N3O5. The number of morpholine rings is 1. The Morgan fingerprint density at radius 2 is 2.40 bits per heavy atom. The molecule has 0 amide bonds.